The Bertz CT molecular complexity index is 986. The van der Waals surface area contributed by atoms with Crippen LogP contribution in [0.15, 0.2) is 30.3 Å². The normalized spacial score (nSPS) is 14.7. The van der Waals surface area contributed by atoms with E-state index < -0.39 is 85.0 Å². The average molecular weight is 537 g/mol. The lowest BCUT2D eigenvalue weighted by Gasteiger charge is -2.28. The Labute approximate surface area is 220 Å². The van der Waals surface area contributed by atoms with Crippen LogP contribution in [0.4, 0.5) is 0 Å². The Morgan fingerprint density at radius 3 is 1.82 bits per heavy atom. The van der Waals surface area contributed by atoms with Gasteiger partial charge in [0, 0.05) is 12.8 Å². The van der Waals surface area contributed by atoms with E-state index in [4.69, 9.17) is 15.9 Å². The second-order valence-corrected chi connectivity index (χ2v) is 8.99. The van der Waals surface area contributed by atoms with Gasteiger partial charge in [-0.3, -0.25) is 24.0 Å². The van der Waals surface area contributed by atoms with Crippen LogP contribution in [-0.4, -0.2) is 75.1 Å². The Kier molecular flexibility index (Phi) is 13.5. The Hall–Kier alpha value is -4.00. The first-order valence-corrected chi connectivity index (χ1v) is 12.2. The summed E-state index contributed by atoms with van der Waals surface area (Å²) in [5.74, 6) is -6.76. The molecule has 0 spiro atoms. The van der Waals surface area contributed by atoms with Crippen molar-refractivity contribution in [2.75, 3.05) is 0 Å². The van der Waals surface area contributed by atoms with Gasteiger partial charge in [0.05, 0.1) is 6.04 Å². The van der Waals surface area contributed by atoms with Crippen molar-refractivity contribution in [3.63, 3.8) is 0 Å². The Morgan fingerprint density at radius 2 is 1.32 bits per heavy atom. The van der Waals surface area contributed by atoms with Gasteiger partial charge in [-0.15, -0.1) is 0 Å². The van der Waals surface area contributed by atoms with Crippen LogP contribution < -0.4 is 21.7 Å². The number of nitrogens with one attached hydrogen (secondary N) is 3. The van der Waals surface area contributed by atoms with Gasteiger partial charge < -0.3 is 37.0 Å². The Morgan fingerprint density at radius 1 is 0.789 bits per heavy atom. The van der Waals surface area contributed by atoms with Gasteiger partial charge in [-0.1, -0.05) is 50.6 Å². The predicted octanol–water partition coefficient (Wildman–Crippen LogP) is -0.129. The van der Waals surface area contributed by atoms with E-state index in [-0.39, 0.29) is 12.8 Å². The highest BCUT2D eigenvalue weighted by Gasteiger charge is 2.32. The topological polar surface area (TPSA) is 225 Å². The van der Waals surface area contributed by atoms with Crippen LogP contribution in [-0.2, 0) is 35.2 Å². The number of hydrogen-bond acceptors (Lipinski definition) is 7. The summed E-state index contributed by atoms with van der Waals surface area (Å²) in [6.07, 6.45) is -1.15. The molecule has 1 aromatic rings. The summed E-state index contributed by atoms with van der Waals surface area (Å²) in [4.78, 5) is 72.1. The van der Waals surface area contributed by atoms with Crippen molar-refractivity contribution in [2.24, 2.45) is 11.7 Å². The zero-order chi connectivity index (χ0) is 28.8. The third-order valence-corrected chi connectivity index (χ3v) is 5.97. The molecule has 5 atom stereocenters. The van der Waals surface area contributed by atoms with Crippen molar-refractivity contribution in [3.8, 4) is 0 Å². The second kappa shape index (κ2) is 16.0. The lowest BCUT2D eigenvalue weighted by molar-refractivity contribution is -0.144. The summed E-state index contributed by atoms with van der Waals surface area (Å²) in [7, 11) is 0. The average Bonchev–Trinajstić information content (AvgIpc) is 2.86. The Balaban J connectivity index is 3.01. The van der Waals surface area contributed by atoms with Crippen molar-refractivity contribution in [2.45, 2.75) is 76.5 Å². The summed E-state index contributed by atoms with van der Waals surface area (Å²) in [6.45, 7) is 3.49. The minimum absolute atomic E-state index is 0.220. The molecule has 5 unspecified atom stereocenters. The van der Waals surface area contributed by atoms with Gasteiger partial charge in [-0.2, -0.15) is 0 Å². The molecule has 8 N–H and O–H groups in total. The number of carbonyl (C=O) groups excluding carboxylic acids is 3. The summed E-state index contributed by atoms with van der Waals surface area (Å²) < 4.78 is 0. The largest absolute Gasteiger partial charge is 0.481 e. The summed E-state index contributed by atoms with van der Waals surface area (Å²) in [5, 5.41) is 34.4. The number of benzene rings is 1. The fourth-order valence-corrected chi connectivity index (χ4v) is 3.52. The SMILES string of the molecule is CCC(C)C(NC(=O)C(N)Cc1ccccc1)C(=O)NC(CCC(=O)O)C(=O)NC(CCC(=O)O)C(=O)O. The molecule has 0 aliphatic rings. The zero-order valence-electron chi connectivity index (χ0n) is 21.4. The molecule has 0 saturated heterocycles. The van der Waals surface area contributed by atoms with Crippen LogP contribution in [0.3, 0.4) is 0 Å². The van der Waals surface area contributed by atoms with Crippen LogP contribution >= 0.6 is 0 Å². The molecule has 210 valence electrons. The number of rotatable bonds is 17. The number of aliphatic carboxylic acids is 3. The summed E-state index contributed by atoms with van der Waals surface area (Å²) in [5.41, 5.74) is 6.85. The number of hydrogen-bond donors (Lipinski definition) is 7. The van der Waals surface area contributed by atoms with Crippen LogP contribution in [0, 0.1) is 5.92 Å². The third-order valence-electron chi connectivity index (χ3n) is 5.97. The van der Waals surface area contributed by atoms with E-state index in [9.17, 15) is 33.9 Å². The highest BCUT2D eigenvalue weighted by molar-refractivity contribution is 5.94. The number of carboxylic acids is 3. The van der Waals surface area contributed by atoms with E-state index in [1.807, 2.05) is 6.07 Å². The molecule has 0 heterocycles. The van der Waals surface area contributed by atoms with Gasteiger partial charge in [0.15, 0.2) is 0 Å². The third kappa shape index (κ3) is 11.4. The molecule has 0 aliphatic heterocycles. The molecule has 38 heavy (non-hydrogen) atoms. The molecule has 0 fully saturated rings. The van der Waals surface area contributed by atoms with E-state index in [1.54, 1.807) is 38.1 Å². The highest BCUT2D eigenvalue weighted by atomic mass is 16.4. The first-order valence-electron chi connectivity index (χ1n) is 12.2. The van der Waals surface area contributed by atoms with Crippen molar-refractivity contribution in [1.29, 1.82) is 0 Å². The van der Waals surface area contributed by atoms with Gasteiger partial charge in [0.25, 0.3) is 0 Å². The first-order chi connectivity index (χ1) is 17.8. The number of carboxylic acid groups (broad SMARTS) is 3. The minimum atomic E-state index is -1.57. The van der Waals surface area contributed by atoms with Crippen molar-refractivity contribution in [3.05, 3.63) is 35.9 Å². The molecule has 13 heteroatoms. The number of amides is 3. The zero-order valence-corrected chi connectivity index (χ0v) is 21.4. The molecule has 1 rings (SSSR count). The molecule has 3 amide bonds. The smallest absolute Gasteiger partial charge is 0.326 e. The van der Waals surface area contributed by atoms with Gasteiger partial charge >= 0.3 is 17.9 Å². The minimum Gasteiger partial charge on any atom is -0.481 e. The second-order valence-electron chi connectivity index (χ2n) is 8.99. The molecule has 0 saturated carbocycles. The molecule has 0 aromatic heterocycles. The lowest BCUT2D eigenvalue weighted by atomic mass is 9.96. The predicted molar refractivity (Wildman–Crippen MR) is 135 cm³/mol. The fourth-order valence-electron chi connectivity index (χ4n) is 3.52. The molecular weight excluding hydrogens is 500 g/mol. The van der Waals surface area contributed by atoms with Crippen molar-refractivity contribution >= 4 is 35.6 Å². The van der Waals surface area contributed by atoms with Gasteiger partial charge in [0.2, 0.25) is 17.7 Å². The highest BCUT2D eigenvalue weighted by Crippen LogP contribution is 2.11. The molecule has 0 radical (unpaired) electrons. The van der Waals surface area contributed by atoms with E-state index in [0.29, 0.717) is 6.42 Å². The van der Waals surface area contributed by atoms with Crippen LogP contribution in [0.25, 0.3) is 0 Å². The van der Waals surface area contributed by atoms with E-state index >= 15 is 0 Å². The molecule has 13 nitrogen and oxygen atoms in total. The fraction of sp³-hybridized carbons (Fsp3) is 0.520. The van der Waals surface area contributed by atoms with Crippen LogP contribution in [0.2, 0.25) is 0 Å². The van der Waals surface area contributed by atoms with Crippen LogP contribution in [0.5, 0.6) is 0 Å². The summed E-state index contributed by atoms with van der Waals surface area (Å²) >= 11 is 0. The van der Waals surface area contributed by atoms with Gasteiger partial charge in [-0.05, 0) is 30.7 Å². The van der Waals surface area contributed by atoms with E-state index in [2.05, 4.69) is 16.0 Å². The molecule has 0 bridgehead atoms. The lowest BCUT2D eigenvalue weighted by Crippen LogP contribution is -2.58. The van der Waals surface area contributed by atoms with E-state index in [0.717, 1.165) is 5.56 Å². The molecule has 1 aromatic carbocycles. The van der Waals surface area contributed by atoms with Crippen molar-refractivity contribution < 1.29 is 44.1 Å². The standard InChI is InChI=1S/C25H36N4O9/c1-3-14(2)21(29-22(34)16(26)13-15-7-5-4-6-8-15)24(36)27-17(9-11-19(30)31)23(35)28-18(25(37)38)10-12-20(32)33/h4-8,14,16-18,21H,3,9-13,26H2,1-2H3,(H,27,36)(H,28,35)(H,29,34)(H,30,31)(H,32,33)(H,37,38). The van der Waals surface area contributed by atoms with Gasteiger partial charge in [0.1, 0.15) is 18.1 Å². The molecule has 0 aliphatic carbocycles. The number of carbonyl (C=O) groups is 6. The number of nitrogens with two attached hydrogens (primary N) is 1. The monoisotopic (exact) mass is 536 g/mol. The maximum Gasteiger partial charge on any atom is 0.326 e. The first kappa shape index (κ1) is 32.0. The maximum atomic E-state index is 13.2. The van der Waals surface area contributed by atoms with Gasteiger partial charge in [-0.25, -0.2) is 4.79 Å². The maximum absolute atomic E-state index is 13.2. The molecular formula is C25H36N4O9. The quantitative estimate of drug-likeness (QED) is 0.140. The van der Waals surface area contributed by atoms with Crippen LogP contribution in [0.1, 0.15) is 51.5 Å². The van der Waals surface area contributed by atoms with Crippen molar-refractivity contribution in [1.82, 2.24) is 16.0 Å². The summed E-state index contributed by atoms with van der Waals surface area (Å²) in [6, 6.07) is 3.93. The van der Waals surface area contributed by atoms with E-state index in [1.165, 1.54) is 0 Å².